The molecule has 1 saturated carbocycles. The third-order valence-corrected chi connectivity index (χ3v) is 4.64. The maximum absolute atomic E-state index is 12.6. The minimum atomic E-state index is -4.07. The lowest BCUT2D eigenvalue weighted by Gasteiger charge is -2.36. The molecule has 0 bridgehead atoms. The number of hydrogen-bond donors (Lipinski definition) is 1. The van der Waals surface area contributed by atoms with Crippen molar-refractivity contribution in [3.63, 3.8) is 0 Å². The van der Waals surface area contributed by atoms with Crippen molar-refractivity contribution < 1.29 is 18.0 Å². The molecular formula is C14H24F3N3O. The number of nitrogens with zero attached hydrogens (tertiary/aromatic N) is 2. The molecule has 1 heterocycles. The molecule has 0 aromatic heterocycles. The summed E-state index contributed by atoms with van der Waals surface area (Å²) in [4.78, 5) is 15.9. The van der Waals surface area contributed by atoms with Crippen LogP contribution in [0.3, 0.4) is 0 Å². The first-order valence-electron chi connectivity index (χ1n) is 7.63. The van der Waals surface area contributed by atoms with Crippen molar-refractivity contribution in [1.29, 1.82) is 0 Å². The van der Waals surface area contributed by atoms with Gasteiger partial charge in [0.05, 0.1) is 12.5 Å². The van der Waals surface area contributed by atoms with Gasteiger partial charge in [0, 0.05) is 32.2 Å². The van der Waals surface area contributed by atoms with Crippen LogP contribution in [0.5, 0.6) is 0 Å². The van der Waals surface area contributed by atoms with Gasteiger partial charge in [-0.1, -0.05) is 0 Å². The molecule has 1 aliphatic carbocycles. The van der Waals surface area contributed by atoms with Crippen LogP contribution in [0.4, 0.5) is 13.2 Å². The standard InChI is InChI=1S/C14H24F3N3O/c1-19(10-13(21)20-8-6-18-7-9-20)12-4-2-11(3-5-12)14(15,16)17/h11-12,18H,2-10H2,1H3. The summed E-state index contributed by atoms with van der Waals surface area (Å²) < 4.78 is 37.9. The third-order valence-electron chi connectivity index (χ3n) is 4.64. The monoisotopic (exact) mass is 307 g/mol. The number of carbonyl (C=O) groups excluding carboxylic acids is 1. The lowest BCUT2D eigenvalue weighted by Crippen LogP contribution is -2.50. The van der Waals surface area contributed by atoms with E-state index in [1.807, 2.05) is 16.8 Å². The first kappa shape index (κ1) is 16.5. The first-order valence-corrected chi connectivity index (χ1v) is 7.63. The Kier molecular flexibility index (Phi) is 5.48. The van der Waals surface area contributed by atoms with Gasteiger partial charge in [-0.25, -0.2) is 0 Å². The average molecular weight is 307 g/mol. The fourth-order valence-electron chi connectivity index (χ4n) is 3.20. The molecule has 0 spiro atoms. The second-order valence-electron chi connectivity index (χ2n) is 6.09. The normalized spacial score (nSPS) is 28.0. The highest BCUT2D eigenvalue weighted by molar-refractivity contribution is 5.78. The molecule has 21 heavy (non-hydrogen) atoms. The number of carbonyl (C=O) groups is 1. The topological polar surface area (TPSA) is 35.6 Å². The highest BCUT2D eigenvalue weighted by Crippen LogP contribution is 2.38. The molecule has 0 aromatic rings. The fourth-order valence-corrected chi connectivity index (χ4v) is 3.20. The Hall–Kier alpha value is -0.820. The number of piperazine rings is 1. The van der Waals surface area contributed by atoms with E-state index in [9.17, 15) is 18.0 Å². The fraction of sp³-hybridized carbons (Fsp3) is 0.929. The maximum Gasteiger partial charge on any atom is 0.391 e. The van der Waals surface area contributed by atoms with Crippen LogP contribution in [0.1, 0.15) is 25.7 Å². The average Bonchev–Trinajstić information content (AvgIpc) is 2.47. The maximum atomic E-state index is 12.6. The second kappa shape index (κ2) is 6.96. The lowest BCUT2D eigenvalue weighted by molar-refractivity contribution is -0.184. The summed E-state index contributed by atoms with van der Waals surface area (Å²) in [5, 5.41) is 3.19. The predicted molar refractivity (Wildman–Crippen MR) is 73.9 cm³/mol. The number of likely N-dealkylation sites (N-methyl/N-ethyl adjacent to an activating group) is 1. The molecule has 1 aliphatic heterocycles. The Morgan fingerprint density at radius 3 is 2.29 bits per heavy atom. The van der Waals surface area contributed by atoms with Crippen LogP contribution in [0.25, 0.3) is 0 Å². The third kappa shape index (κ3) is 4.57. The molecule has 122 valence electrons. The number of hydrogen-bond acceptors (Lipinski definition) is 3. The molecule has 0 aromatic carbocycles. The molecule has 0 radical (unpaired) electrons. The van der Waals surface area contributed by atoms with Crippen molar-refractivity contribution in [2.75, 3.05) is 39.8 Å². The molecule has 0 atom stereocenters. The summed E-state index contributed by atoms with van der Waals surface area (Å²) in [5.41, 5.74) is 0. The Labute approximate surface area is 123 Å². The predicted octanol–water partition coefficient (Wildman–Crippen LogP) is 1.47. The minimum absolute atomic E-state index is 0.0805. The summed E-state index contributed by atoms with van der Waals surface area (Å²) in [6.07, 6.45) is -2.66. The highest BCUT2D eigenvalue weighted by Gasteiger charge is 2.42. The Morgan fingerprint density at radius 1 is 1.19 bits per heavy atom. The van der Waals surface area contributed by atoms with Crippen LogP contribution in [-0.4, -0.2) is 67.7 Å². The zero-order valence-corrected chi connectivity index (χ0v) is 12.5. The van der Waals surface area contributed by atoms with Crippen molar-refractivity contribution in [2.24, 2.45) is 5.92 Å². The summed E-state index contributed by atoms with van der Waals surface area (Å²) in [6.45, 7) is 3.36. The SMILES string of the molecule is CN(CC(=O)N1CCNCC1)C1CCC(C(F)(F)F)CC1. The van der Waals surface area contributed by atoms with Gasteiger partial charge in [0.1, 0.15) is 0 Å². The molecule has 1 amide bonds. The van der Waals surface area contributed by atoms with Gasteiger partial charge in [-0.05, 0) is 32.7 Å². The summed E-state index contributed by atoms with van der Waals surface area (Å²) in [5.74, 6) is -1.08. The van der Waals surface area contributed by atoms with Crippen LogP contribution in [0, 0.1) is 5.92 Å². The van der Waals surface area contributed by atoms with Crippen LogP contribution in [-0.2, 0) is 4.79 Å². The zero-order chi connectivity index (χ0) is 15.5. The van der Waals surface area contributed by atoms with E-state index < -0.39 is 12.1 Å². The quantitative estimate of drug-likeness (QED) is 0.858. The Balaban J connectivity index is 1.76. The summed E-state index contributed by atoms with van der Waals surface area (Å²) >= 11 is 0. The van der Waals surface area contributed by atoms with Gasteiger partial charge < -0.3 is 10.2 Å². The Morgan fingerprint density at radius 2 is 1.76 bits per heavy atom. The summed E-state index contributed by atoms with van der Waals surface area (Å²) in [7, 11) is 1.85. The number of amides is 1. The molecule has 2 fully saturated rings. The van der Waals surface area contributed by atoms with E-state index in [0.29, 0.717) is 32.5 Å². The van der Waals surface area contributed by atoms with E-state index in [-0.39, 0.29) is 24.8 Å². The number of halogens is 3. The van der Waals surface area contributed by atoms with Gasteiger partial charge in [0.2, 0.25) is 5.91 Å². The van der Waals surface area contributed by atoms with Crippen molar-refractivity contribution in [1.82, 2.24) is 15.1 Å². The lowest BCUT2D eigenvalue weighted by atomic mass is 9.85. The van der Waals surface area contributed by atoms with E-state index in [4.69, 9.17) is 0 Å². The molecular weight excluding hydrogens is 283 g/mol. The number of alkyl halides is 3. The van der Waals surface area contributed by atoms with Crippen LogP contribution in [0.15, 0.2) is 0 Å². The van der Waals surface area contributed by atoms with E-state index in [2.05, 4.69) is 5.32 Å². The van der Waals surface area contributed by atoms with Crippen LogP contribution >= 0.6 is 0 Å². The van der Waals surface area contributed by atoms with E-state index in [0.717, 1.165) is 13.1 Å². The van der Waals surface area contributed by atoms with Crippen molar-refractivity contribution in [3.05, 3.63) is 0 Å². The largest absolute Gasteiger partial charge is 0.391 e. The van der Waals surface area contributed by atoms with Gasteiger partial charge in [-0.15, -0.1) is 0 Å². The van der Waals surface area contributed by atoms with Crippen LogP contribution in [0.2, 0.25) is 0 Å². The number of rotatable bonds is 3. The van der Waals surface area contributed by atoms with Gasteiger partial charge in [0.15, 0.2) is 0 Å². The molecule has 2 aliphatic rings. The highest BCUT2D eigenvalue weighted by atomic mass is 19.4. The molecule has 1 saturated heterocycles. The van der Waals surface area contributed by atoms with Gasteiger partial charge in [-0.3, -0.25) is 9.69 Å². The molecule has 2 rings (SSSR count). The molecule has 4 nitrogen and oxygen atoms in total. The number of nitrogens with one attached hydrogen (secondary N) is 1. The summed E-state index contributed by atoms with van der Waals surface area (Å²) in [6, 6.07) is 0.0930. The molecule has 1 N–H and O–H groups in total. The molecule has 0 unspecified atom stereocenters. The smallest absolute Gasteiger partial charge is 0.339 e. The minimum Gasteiger partial charge on any atom is -0.339 e. The van der Waals surface area contributed by atoms with Gasteiger partial charge >= 0.3 is 6.18 Å². The van der Waals surface area contributed by atoms with Crippen molar-refractivity contribution in [2.45, 2.75) is 37.9 Å². The second-order valence-corrected chi connectivity index (χ2v) is 6.09. The van der Waals surface area contributed by atoms with Gasteiger partial charge in [0.25, 0.3) is 0 Å². The first-order chi connectivity index (χ1) is 9.88. The van der Waals surface area contributed by atoms with E-state index in [1.54, 1.807) is 0 Å². The van der Waals surface area contributed by atoms with E-state index in [1.165, 1.54) is 0 Å². The van der Waals surface area contributed by atoms with E-state index >= 15 is 0 Å². The van der Waals surface area contributed by atoms with Gasteiger partial charge in [-0.2, -0.15) is 13.2 Å². The Bertz CT molecular complexity index is 348. The van der Waals surface area contributed by atoms with Crippen LogP contribution < -0.4 is 5.32 Å². The molecule has 7 heteroatoms. The van der Waals surface area contributed by atoms with Crippen molar-refractivity contribution in [3.8, 4) is 0 Å². The van der Waals surface area contributed by atoms with Crippen molar-refractivity contribution >= 4 is 5.91 Å². The zero-order valence-electron chi connectivity index (χ0n) is 12.5.